The first kappa shape index (κ1) is 14.1. The standard InChI is InChI=1S/C16H32/c1-5-9-11-15(7-3,8-4)16(13-14-16)12-10-6-2/h5-14H2,1-4H3. The Morgan fingerprint density at radius 1 is 0.875 bits per heavy atom. The van der Waals surface area contributed by atoms with Gasteiger partial charge in [-0.25, -0.2) is 0 Å². The molecule has 1 fully saturated rings. The van der Waals surface area contributed by atoms with E-state index >= 15 is 0 Å². The van der Waals surface area contributed by atoms with Gasteiger partial charge in [0.25, 0.3) is 0 Å². The maximum atomic E-state index is 2.44. The highest BCUT2D eigenvalue weighted by Crippen LogP contribution is 2.66. The summed E-state index contributed by atoms with van der Waals surface area (Å²) >= 11 is 0. The van der Waals surface area contributed by atoms with Crippen LogP contribution < -0.4 is 0 Å². The van der Waals surface area contributed by atoms with Gasteiger partial charge in [0.05, 0.1) is 0 Å². The van der Waals surface area contributed by atoms with E-state index in [2.05, 4.69) is 27.7 Å². The largest absolute Gasteiger partial charge is 0.0654 e. The maximum Gasteiger partial charge on any atom is -0.0241 e. The lowest BCUT2D eigenvalue weighted by molar-refractivity contribution is 0.0910. The van der Waals surface area contributed by atoms with E-state index in [1.807, 2.05) is 0 Å². The Morgan fingerprint density at radius 3 is 1.81 bits per heavy atom. The van der Waals surface area contributed by atoms with E-state index in [1.165, 1.54) is 64.2 Å². The van der Waals surface area contributed by atoms with E-state index in [9.17, 15) is 0 Å². The molecule has 0 aromatic heterocycles. The van der Waals surface area contributed by atoms with E-state index in [4.69, 9.17) is 0 Å². The van der Waals surface area contributed by atoms with E-state index in [-0.39, 0.29) is 0 Å². The minimum Gasteiger partial charge on any atom is -0.0654 e. The molecule has 1 saturated carbocycles. The molecule has 0 heteroatoms. The fourth-order valence-electron chi connectivity index (χ4n) is 3.85. The molecule has 0 saturated heterocycles. The fraction of sp³-hybridized carbons (Fsp3) is 1.00. The van der Waals surface area contributed by atoms with Crippen LogP contribution in [0.1, 0.15) is 91.9 Å². The van der Waals surface area contributed by atoms with Gasteiger partial charge in [0.15, 0.2) is 0 Å². The summed E-state index contributed by atoms with van der Waals surface area (Å²) in [6, 6.07) is 0. The van der Waals surface area contributed by atoms with Gasteiger partial charge in [-0.3, -0.25) is 0 Å². The predicted octanol–water partition coefficient (Wildman–Crippen LogP) is 5.95. The third-order valence-electron chi connectivity index (χ3n) is 5.35. The molecule has 96 valence electrons. The van der Waals surface area contributed by atoms with Gasteiger partial charge in [0.1, 0.15) is 0 Å². The van der Waals surface area contributed by atoms with E-state index in [0.29, 0.717) is 5.41 Å². The van der Waals surface area contributed by atoms with Crippen LogP contribution in [0.2, 0.25) is 0 Å². The van der Waals surface area contributed by atoms with Crippen molar-refractivity contribution in [2.45, 2.75) is 91.9 Å². The lowest BCUT2D eigenvalue weighted by Gasteiger charge is -2.41. The second-order valence-corrected chi connectivity index (χ2v) is 5.97. The Kier molecular flexibility index (Phi) is 5.34. The van der Waals surface area contributed by atoms with Crippen LogP contribution in [-0.2, 0) is 0 Å². The summed E-state index contributed by atoms with van der Waals surface area (Å²) in [7, 11) is 0. The molecule has 0 nitrogen and oxygen atoms in total. The Balaban J connectivity index is 2.67. The second-order valence-electron chi connectivity index (χ2n) is 5.97. The third kappa shape index (κ3) is 2.63. The monoisotopic (exact) mass is 224 g/mol. The van der Waals surface area contributed by atoms with Gasteiger partial charge in [-0.05, 0) is 49.4 Å². The Labute approximate surface area is 103 Å². The first-order chi connectivity index (χ1) is 7.70. The minimum absolute atomic E-state index is 0.693. The zero-order valence-electron chi connectivity index (χ0n) is 12.1. The Hall–Kier alpha value is 0. The van der Waals surface area contributed by atoms with Crippen molar-refractivity contribution in [2.75, 3.05) is 0 Å². The summed E-state index contributed by atoms with van der Waals surface area (Å²) in [5.41, 5.74) is 1.46. The highest BCUT2D eigenvalue weighted by atomic mass is 14.6. The van der Waals surface area contributed by atoms with Crippen molar-refractivity contribution in [1.29, 1.82) is 0 Å². The predicted molar refractivity (Wildman–Crippen MR) is 73.7 cm³/mol. The molecule has 0 atom stereocenters. The molecule has 0 bridgehead atoms. The lowest BCUT2D eigenvalue weighted by atomic mass is 9.64. The van der Waals surface area contributed by atoms with Crippen molar-refractivity contribution in [3.05, 3.63) is 0 Å². The van der Waals surface area contributed by atoms with E-state index in [0.717, 1.165) is 5.41 Å². The van der Waals surface area contributed by atoms with E-state index in [1.54, 1.807) is 0 Å². The molecule has 16 heavy (non-hydrogen) atoms. The molecule has 0 aromatic carbocycles. The molecule has 0 heterocycles. The zero-order chi connectivity index (χ0) is 12.1. The van der Waals surface area contributed by atoms with Crippen LogP contribution in [0, 0.1) is 10.8 Å². The molecular formula is C16H32. The van der Waals surface area contributed by atoms with Crippen molar-refractivity contribution in [3.63, 3.8) is 0 Å². The number of hydrogen-bond donors (Lipinski definition) is 0. The van der Waals surface area contributed by atoms with Crippen LogP contribution in [0.3, 0.4) is 0 Å². The van der Waals surface area contributed by atoms with Gasteiger partial charge in [-0.1, -0.05) is 53.4 Å². The molecule has 1 rings (SSSR count). The van der Waals surface area contributed by atoms with Crippen molar-refractivity contribution in [2.24, 2.45) is 10.8 Å². The topological polar surface area (TPSA) is 0 Å². The molecule has 0 radical (unpaired) electrons. The maximum absolute atomic E-state index is 2.44. The Morgan fingerprint density at radius 2 is 1.44 bits per heavy atom. The van der Waals surface area contributed by atoms with Crippen LogP contribution >= 0.6 is 0 Å². The smallest absolute Gasteiger partial charge is 0.0241 e. The van der Waals surface area contributed by atoms with Crippen LogP contribution in [-0.4, -0.2) is 0 Å². The molecule has 0 amide bonds. The molecule has 0 N–H and O–H groups in total. The van der Waals surface area contributed by atoms with Crippen molar-refractivity contribution >= 4 is 0 Å². The highest BCUT2D eigenvalue weighted by Gasteiger charge is 2.55. The van der Waals surface area contributed by atoms with Crippen molar-refractivity contribution < 1.29 is 0 Å². The molecular weight excluding hydrogens is 192 g/mol. The molecule has 1 aliphatic rings. The van der Waals surface area contributed by atoms with Gasteiger partial charge < -0.3 is 0 Å². The number of hydrogen-bond acceptors (Lipinski definition) is 0. The summed E-state index contributed by atoms with van der Waals surface area (Å²) in [4.78, 5) is 0. The summed E-state index contributed by atoms with van der Waals surface area (Å²) in [5, 5.41) is 0. The summed E-state index contributed by atoms with van der Waals surface area (Å²) in [6.45, 7) is 9.54. The van der Waals surface area contributed by atoms with Crippen LogP contribution in [0.15, 0.2) is 0 Å². The lowest BCUT2D eigenvalue weighted by Crippen LogP contribution is -2.31. The van der Waals surface area contributed by atoms with Crippen molar-refractivity contribution in [1.82, 2.24) is 0 Å². The average Bonchev–Trinajstić information content (AvgIpc) is 3.10. The van der Waals surface area contributed by atoms with Gasteiger partial charge in [-0.15, -0.1) is 0 Å². The van der Waals surface area contributed by atoms with Crippen LogP contribution in [0.5, 0.6) is 0 Å². The summed E-state index contributed by atoms with van der Waals surface area (Å²) in [6.07, 6.45) is 14.5. The Bertz CT molecular complexity index is 184. The fourth-order valence-corrected chi connectivity index (χ4v) is 3.85. The zero-order valence-corrected chi connectivity index (χ0v) is 12.1. The summed E-state index contributed by atoms with van der Waals surface area (Å²) < 4.78 is 0. The SMILES string of the molecule is CCCCC(CC)(CC)C1(CCCC)CC1. The first-order valence-corrected chi connectivity index (χ1v) is 7.70. The molecule has 0 spiro atoms. The van der Waals surface area contributed by atoms with Crippen LogP contribution in [0.4, 0.5) is 0 Å². The molecule has 0 aliphatic heterocycles. The van der Waals surface area contributed by atoms with Gasteiger partial charge in [0, 0.05) is 0 Å². The van der Waals surface area contributed by atoms with E-state index < -0.39 is 0 Å². The average molecular weight is 224 g/mol. The third-order valence-corrected chi connectivity index (χ3v) is 5.35. The first-order valence-electron chi connectivity index (χ1n) is 7.70. The summed E-state index contributed by atoms with van der Waals surface area (Å²) in [5.74, 6) is 0. The molecule has 1 aliphatic carbocycles. The van der Waals surface area contributed by atoms with Crippen LogP contribution in [0.25, 0.3) is 0 Å². The number of rotatable bonds is 9. The normalized spacial score (nSPS) is 18.8. The molecule has 0 unspecified atom stereocenters. The number of unbranched alkanes of at least 4 members (excludes halogenated alkanes) is 2. The molecule has 0 aromatic rings. The van der Waals surface area contributed by atoms with Gasteiger partial charge >= 0.3 is 0 Å². The van der Waals surface area contributed by atoms with Crippen molar-refractivity contribution in [3.8, 4) is 0 Å². The highest BCUT2D eigenvalue weighted by molar-refractivity contribution is 5.05. The minimum atomic E-state index is 0.693. The van der Waals surface area contributed by atoms with Gasteiger partial charge in [0.2, 0.25) is 0 Å². The van der Waals surface area contributed by atoms with Gasteiger partial charge in [-0.2, -0.15) is 0 Å². The quantitative estimate of drug-likeness (QED) is 0.454. The second kappa shape index (κ2) is 6.07.